The lowest BCUT2D eigenvalue weighted by Crippen LogP contribution is -2.17. The molecular formula is C23H41F. The second-order valence-electron chi connectivity index (χ2n) is 8.65. The van der Waals surface area contributed by atoms with Crippen LogP contribution in [-0.2, 0) is 0 Å². The van der Waals surface area contributed by atoms with Gasteiger partial charge < -0.3 is 0 Å². The molecule has 0 saturated heterocycles. The predicted molar refractivity (Wildman–Crippen MR) is 104 cm³/mol. The van der Waals surface area contributed by atoms with Gasteiger partial charge in [-0.15, -0.1) is 0 Å². The molecule has 0 spiro atoms. The minimum atomic E-state index is -0.202. The molecule has 0 aromatic carbocycles. The summed E-state index contributed by atoms with van der Waals surface area (Å²) in [5.74, 6) is 3.82. The van der Waals surface area contributed by atoms with E-state index in [9.17, 15) is 4.39 Å². The number of alkyl halides is 1. The van der Waals surface area contributed by atoms with Crippen molar-refractivity contribution >= 4 is 0 Å². The molecule has 0 unspecified atom stereocenters. The standard InChI is InChI=1S/C23H41F/c1-2-3-4-7-20-9-13-22(14-10-20)17-18-23-15-11-21(12-16-23)8-5-6-19-24/h5,8,20-23H,2-4,6-7,9-19H2,1H3/b8-5+/t20?,21-,22?,23-. The summed E-state index contributed by atoms with van der Waals surface area (Å²) >= 11 is 0. The number of halogens is 1. The molecule has 2 aliphatic rings. The van der Waals surface area contributed by atoms with E-state index >= 15 is 0 Å². The maximum absolute atomic E-state index is 12.1. The Morgan fingerprint density at radius 3 is 1.83 bits per heavy atom. The summed E-state index contributed by atoms with van der Waals surface area (Å²) in [7, 11) is 0. The van der Waals surface area contributed by atoms with Crippen LogP contribution in [0.15, 0.2) is 12.2 Å². The third-order valence-electron chi connectivity index (χ3n) is 6.74. The first-order valence-corrected chi connectivity index (χ1v) is 11.0. The Balaban J connectivity index is 1.52. The topological polar surface area (TPSA) is 0 Å². The Kier molecular flexibility index (Phi) is 10.1. The van der Waals surface area contributed by atoms with Gasteiger partial charge in [-0.25, -0.2) is 0 Å². The minimum Gasteiger partial charge on any atom is -0.251 e. The number of hydrogen-bond donors (Lipinski definition) is 0. The van der Waals surface area contributed by atoms with Crippen LogP contribution >= 0.6 is 0 Å². The zero-order chi connectivity index (χ0) is 17.0. The van der Waals surface area contributed by atoms with E-state index in [1.165, 1.54) is 89.9 Å². The van der Waals surface area contributed by atoms with Crippen molar-refractivity contribution in [2.45, 2.75) is 103 Å². The molecule has 2 aliphatic carbocycles. The summed E-state index contributed by atoms with van der Waals surface area (Å²) < 4.78 is 12.1. The Bertz CT molecular complexity index is 319. The van der Waals surface area contributed by atoms with Crippen LogP contribution in [0.2, 0.25) is 0 Å². The van der Waals surface area contributed by atoms with E-state index in [1.54, 1.807) is 0 Å². The maximum Gasteiger partial charge on any atom is 0.0928 e. The molecular weight excluding hydrogens is 295 g/mol. The van der Waals surface area contributed by atoms with E-state index in [0.29, 0.717) is 6.42 Å². The Morgan fingerprint density at radius 2 is 1.29 bits per heavy atom. The third-order valence-corrected chi connectivity index (χ3v) is 6.74. The lowest BCUT2D eigenvalue weighted by Gasteiger charge is -2.31. The molecule has 0 aromatic rings. The Hall–Kier alpha value is -0.330. The molecule has 24 heavy (non-hydrogen) atoms. The highest BCUT2D eigenvalue weighted by Crippen LogP contribution is 2.38. The molecule has 0 N–H and O–H groups in total. The third kappa shape index (κ3) is 7.70. The molecule has 2 rings (SSSR count). The molecule has 0 radical (unpaired) electrons. The molecule has 0 heterocycles. The van der Waals surface area contributed by atoms with E-state index in [0.717, 1.165) is 23.7 Å². The summed E-state index contributed by atoms with van der Waals surface area (Å²) in [6.07, 6.45) is 25.3. The quantitative estimate of drug-likeness (QED) is 0.281. The highest BCUT2D eigenvalue weighted by Gasteiger charge is 2.23. The van der Waals surface area contributed by atoms with Crippen LogP contribution < -0.4 is 0 Å². The van der Waals surface area contributed by atoms with Crippen LogP contribution in [-0.4, -0.2) is 6.67 Å². The van der Waals surface area contributed by atoms with Gasteiger partial charge in [-0.1, -0.05) is 83.3 Å². The first kappa shape index (κ1) is 20.0. The molecule has 2 fully saturated rings. The van der Waals surface area contributed by atoms with Crippen molar-refractivity contribution < 1.29 is 4.39 Å². The van der Waals surface area contributed by atoms with Gasteiger partial charge in [-0.3, -0.25) is 4.39 Å². The summed E-state index contributed by atoms with van der Waals surface area (Å²) in [6.45, 7) is 2.11. The average Bonchev–Trinajstić information content (AvgIpc) is 2.63. The fraction of sp³-hybridized carbons (Fsp3) is 0.913. The highest BCUT2D eigenvalue weighted by molar-refractivity contribution is 4.91. The first-order chi connectivity index (χ1) is 11.8. The van der Waals surface area contributed by atoms with Crippen LogP contribution in [0.3, 0.4) is 0 Å². The van der Waals surface area contributed by atoms with Gasteiger partial charge in [0.05, 0.1) is 6.67 Å². The van der Waals surface area contributed by atoms with Crippen LogP contribution in [0.25, 0.3) is 0 Å². The highest BCUT2D eigenvalue weighted by atomic mass is 19.1. The molecule has 1 heteroatoms. The molecule has 140 valence electrons. The van der Waals surface area contributed by atoms with Gasteiger partial charge in [-0.05, 0) is 55.8 Å². The van der Waals surface area contributed by atoms with E-state index in [2.05, 4.69) is 19.1 Å². The maximum atomic E-state index is 12.1. The fourth-order valence-electron chi connectivity index (χ4n) is 4.98. The molecule has 0 bridgehead atoms. The fourth-order valence-corrected chi connectivity index (χ4v) is 4.98. The molecule has 0 amide bonds. The van der Waals surface area contributed by atoms with Crippen molar-refractivity contribution in [1.82, 2.24) is 0 Å². The van der Waals surface area contributed by atoms with Crippen molar-refractivity contribution in [3.05, 3.63) is 12.2 Å². The summed E-state index contributed by atoms with van der Waals surface area (Å²) in [4.78, 5) is 0. The Labute approximate surface area is 150 Å². The van der Waals surface area contributed by atoms with E-state index < -0.39 is 0 Å². The van der Waals surface area contributed by atoms with Crippen LogP contribution in [0.5, 0.6) is 0 Å². The van der Waals surface area contributed by atoms with Crippen molar-refractivity contribution in [2.24, 2.45) is 23.7 Å². The lowest BCUT2D eigenvalue weighted by molar-refractivity contribution is 0.219. The zero-order valence-electron chi connectivity index (χ0n) is 16.2. The Morgan fingerprint density at radius 1 is 0.750 bits per heavy atom. The van der Waals surface area contributed by atoms with E-state index in [4.69, 9.17) is 0 Å². The number of hydrogen-bond acceptors (Lipinski definition) is 0. The van der Waals surface area contributed by atoms with Gasteiger partial charge in [0, 0.05) is 0 Å². The van der Waals surface area contributed by atoms with Crippen molar-refractivity contribution in [3.63, 3.8) is 0 Å². The van der Waals surface area contributed by atoms with Crippen LogP contribution in [0.4, 0.5) is 4.39 Å². The van der Waals surface area contributed by atoms with Crippen LogP contribution in [0, 0.1) is 23.7 Å². The second-order valence-corrected chi connectivity index (χ2v) is 8.65. The van der Waals surface area contributed by atoms with E-state index in [-0.39, 0.29) is 6.67 Å². The van der Waals surface area contributed by atoms with Gasteiger partial charge >= 0.3 is 0 Å². The van der Waals surface area contributed by atoms with Gasteiger partial charge in [0.2, 0.25) is 0 Å². The molecule has 0 nitrogen and oxygen atoms in total. The second kappa shape index (κ2) is 12.1. The van der Waals surface area contributed by atoms with Crippen molar-refractivity contribution in [2.75, 3.05) is 6.67 Å². The van der Waals surface area contributed by atoms with Gasteiger partial charge in [0.25, 0.3) is 0 Å². The monoisotopic (exact) mass is 336 g/mol. The lowest BCUT2D eigenvalue weighted by atomic mass is 9.75. The molecule has 0 atom stereocenters. The smallest absolute Gasteiger partial charge is 0.0928 e. The molecule has 2 saturated carbocycles. The molecule has 0 aliphatic heterocycles. The van der Waals surface area contributed by atoms with Crippen molar-refractivity contribution in [1.29, 1.82) is 0 Å². The number of allylic oxidation sites excluding steroid dienone is 2. The first-order valence-electron chi connectivity index (χ1n) is 11.0. The van der Waals surface area contributed by atoms with Gasteiger partial charge in [0.1, 0.15) is 0 Å². The normalized spacial score (nSPS) is 31.6. The van der Waals surface area contributed by atoms with Crippen LogP contribution in [0.1, 0.15) is 103 Å². The number of rotatable bonds is 10. The predicted octanol–water partition coefficient (Wildman–Crippen LogP) is 7.88. The average molecular weight is 337 g/mol. The van der Waals surface area contributed by atoms with Gasteiger partial charge in [-0.2, -0.15) is 0 Å². The van der Waals surface area contributed by atoms with Crippen molar-refractivity contribution in [3.8, 4) is 0 Å². The van der Waals surface area contributed by atoms with Gasteiger partial charge in [0.15, 0.2) is 0 Å². The largest absolute Gasteiger partial charge is 0.251 e. The SMILES string of the molecule is CCCCCC1CCC(CC[C@H]2CC[C@H](/C=C/CCF)CC2)CC1. The van der Waals surface area contributed by atoms with E-state index in [1.807, 2.05) is 0 Å². The zero-order valence-corrected chi connectivity index (χ0v) is 16.2. The number of unbranched alkanes of at least 4 members (excludes halogenated alkanes) is 2. The summed E-state index contributed by atoms with van der Waals surface area (Å²) in [5, 5.41) is 0. The summed E-state index contributed by atoms with van der Waals surface area (Å²) in [6, 6.07) is 0. The summed E-state index contributed by atoms with van der Waals surface area (Å²) in [5.41, 5.74) is 0. The molecule has 0 aromatic heterocycles. The minimum absolute atomic E-state index is 0.202.